The van der Waals surface area contributed by atoms with Gasteiger partial charge in [-0.05, 0) is 55.9 Å². The van der Waals surface area contributed by atoms with Crippen LogP contribution in [0.3, 0.4) is 0 Å². The van der Waals surface area contributed by atoms with Crippen molar-refractivity contribution in [3.8, 4) is 0 Å². The SMILES string of the molecule is Nc1ccn(C2CCN(CC3CC4CCC3C4)CC2)n1. The Morgan fingerprint density at radius 3 is 2.60 bits per heavy atom. The number of hydrogen-bond donors (Lipinski definition) is 1. The molecule has 2 aliphatic carbocycles. The summed E-state index contributed by atoms with van der Waals surface area (Å²) in [4.78, 5) is 2.70. The summed E-state index contributed by atoms with van der Waals surface area (Å²) in [6.07, 6.45) is 10.6. The Morgan fingerprint density at radius 1 is 1.15 bits per heavy atom. The molecule has 1 aromatic heterocycles. The highest BCUT2D eigenvalue weighted by Crippen LogP contribution is 2.48. The van der Waals surface area contributed by atoms with E-state index in [-0.39, 0.29) is 0 Å². The van der Waals surface area contributed by atoms with E-state index in [1.807, 2.05) is 12.3 Å². The zero-order chi connectivity index (χ0) is 13.5. The van der Waals surface area contributed by atoms with Gasteiger partial charge in [0.15, 0.2) is 0 Å². The normalized spacial score (nSPS) is 34.9. The van der Waals surface area contributed by atoms with Gasteiger partial charge in [0, 0.05) is 25.8 Å². The fourth-order valence-electron chi connectivity index (χ4n) is 4.85. The number of nitrogens with zero attached hydrogens (tertiary/aromatic N) is 3. The molecule has 3 unspecified atom stereocenters. The lowest BCUT2D eigenvalue weighted by atomic mass is 9.88. The second-order valence-electron chi connectivity index (χ2n) is 7.19. The maximum atomic E-state index is 5.71. The van der Waals surface area contributed by atoms with Crippen LogP contribution < -0.4 is 5.73 Å². The molecule has 1 saturated heterocycles. The van der Waals surface area contributed by atoms with E-state index in [1.54, 1.807) is 0 Å². The minimum absolute atomic E-state index is 0.559. The van der Waals surface area contributed by atoms with Crippen molar-refractivity contribution in [2.45, 2.75) is 44.6 Å². The third kappa shape index (κ3) is 2.34. The summed E-state index contributed by atoms with van der Waals surface area (Å²) in [6, 6.07) is 2.46. The highest BCUT2D eigenvalue weighted by atomic mass is 15.3. The molecule has 110 valence electrons. The minimum atomic E-state index is 0.559. The molecule has 0 spiro atoms. The number of rotatable bonds is 3. The molecule has 4 heteroatoms. The lowest BCUT2D eigenvalue weighted by molar-refractivity contribution is 0.138. The van der Waals surface area contributed by atoms with Crippen molar-refractivity contribution in [1.82, 2.24) is 14.7 Å². The molecule has 4 nitrogen and oxygen atoms in total. The number of fused-ring (bicyclic) bond motifs is 2. The van der Waals surface area contributed by atoms with E-state index >= 15 is 0 Å². The van der Waals surface area contributed by atoms with Crippen LogP contribution in [0.25, 0.3) is 0 Å². The van der Waals surface area contributed by atoms with E-state index < -0.39 is 0 Å². The second-order valence-corrected chi connectivity index (χ2v) is 7.19. The van der Waals surface area contributed by atoms with Gasteiger partial charge in [0.1, 0.15) is 5.82 Å². The fourth-order valence-corrected chi connectivity index (χ4v) is 4.85. The van der Waals surface area contributed by atoms with Crippen LogP contribution in [0.2, 0.25) is 0 Å². The first-order valence-electron chi connectivity index (χ1n) is 8.31. The quantitative estimate of drug-likeness (QED) is 0.921. The number of nitrogens with two attached hydrogens (primary N) is 1. The summed E-state index contributed by atoms with van der Waals surface area (Å²) < 4.78 is 2.07. The minimum Gasteiger partial charge on any atom is -0.382 e. The number of anilines is 1. The number of hydrogen-bond acceptors (Lipinski definition) is 3. The number of nitrogen functional groups attached to an aromatic ring is 1. The fraction of sp³-hybridized carbons (Fsp3) is 0.812. The van der Waals surface area contributed by atoms with Gasteiger partial charge in [0.05, 0.1) is 6.04 Å². The molecule has 3 atom stereocenters. The average molecular weight is 274 g/mol. The molecule has 3 aliphatic rings. The molecule has 2 N–H and O–H groups in total. The van der Waals surface area contributed by atoms with Crippen LogP contribution in [0.1, 0.15) is 44.6 Å². The first-order chi connectivity index (χ1) is 9.78. The molecular weight excluding hydrogens is 248 g/mol. The van der Waals surface area contributed by atoms with Gasteiger partial charge in [-0.25, -0.2) is 0 Å². The molecule has 1 aliphatic heterocycles. The standard InChI is InChI=1S/C16H26N4/c17-16-5-8-20(18-16)15-3-6-19(7-4-15)11-14-10-12-1-2-13(14)9-12/h5,8,12-15H,1-4,6-7,9-11H2,(H2,17,18). The Kier molecular flexibility index (Phi) is 3.21. The van der Waals surface area contributed by atoms with Crippen LogP contribution in [0, 0.1) is 17.8 Å². The summed E-state index contributed by atoms with van der Waals surface area (Å²) in [5.74, 6) is 3.79. The Bertz CT molecular complexity index is 461. The van der Waals surface area contributed by atoms with E-state index in [4.69, 9.17) is 5.73 Å². The molecule has 0 radical (unpaired) electrons. The van der Waals surface area contributed by atoms with Crippen LogP contribution in [0.5, 0.6) is 0 Å². The van der Waals surface area contributed by atoms with Gasteiger partial charge in [-0.3, -0.25) is 4.68 Å². The lowest BCUT2D eigenvalue weighted by Crippen LogP contribution is -2.39. The Hall–Kier alpha value is -1.03. The Labute approximate surface area is 121 Å². The largest absolute Gasteiger partial charge is 0.382 e. The molecular formula is C16H26N4. The maximum Gasteiger partial charge on any atom is 0.145 e. The predicted octanol–water partition coefficient (Wildman–Crippen LogP) is 2.54. The van der Waals surface area contributed by atoms with Crippen molar-refractivity contribution in [3.05, 3.63) is 12.3 Å². The first-order valence-corrected chi connectivity index (χ1v) is 8.31. The van der Waals surface area contributed by atoms with Crippen LogP contribution in [0.4, 0.5) is 5.82 Å². The molecule has 1 aromatic rings. The van der Waals surface area contributed by atoms with Gasteiger partial charge in [-0.15, -0.1) is 0 Å². The van der Waals surface area contributed by atoms with Crippen molar-refractivity contribution in [2.24, 2.45) is 17.8 Å². The van der Waals surface area contributed by atoms with E-state index in [1.165, 1.54) is 58.2 Å². The monoisotopic (exact) mass is 274 g/mol. The Balaban J connectivity index is 1.29. The van der Waals surface area contributed by atoms with Crippen molar-refractivity contribution < 1.29 is 0 Å². The van der Waals surface area contributed by atoms with E-state index in [9.17, 15) is 0 Å². The topological polar surface area (TPSA) is 47.1 Å². The molecule has 0 aromatic carbocycles. The number of likely N-dealkylation sites (tertiary alicyclic amines) is 1. The summed E-state index contributed by atoms with van der Waals surface area (Å²) in [6.45, 7) is 3.83. The van der Waals surface area contributed by atoms with Crippen molar-refractivity contribution >= 4 is 5.82 Å². The second kappa shape index (κ2) is 5.06. The van der Waals surface area contributed by atoms with Gasteiger partial charge in [-0.2, -0.15) is 5.10 Å². The zero-order valence-electron chi connectivity index (χ0n) is 12.2. The van der Waals surface area contributed by atoms with Crippen LogP contribution in [-0.2, 0) is 0 Å². The van der Waals surface area contributed by atoms with Gasteiger partial charge in [0.25, 0.3) is 0 Å². The van der Waals surface area contributed by atoms with Crippen molar-refractivity contribution in [1.29, 1.82) is 0 Å². The number of aromatic nitrogens is 2. The smallest absolute Gasteiger partial charge is 0.145 e. The van der Waals surface area contributed by atoms with Crippen LogP contribution in [0.15, 0.2) is 12.3 Å². The van der Waals surface area contributed by atoms with Gasteiger partial charge < -0.3 is 10.6 Å². The maximum absolute atomic E-state index is 5.71. The van der Waals surface area contributed by atoms with E-state index in [0.29, 0.717) is 11.9 Å². The van der Waals surface area contributed by atoms with E-state index in [0.717, 1.165) is 17.8 Å². The molecule has 2 heterocycles. The molecule has 3 fully saturated rings. The van der Waals surface area contributed by atoms with Crippen molar-refractivity contribution in [2.75, 3.05) is 25.4 Å². The van der Waals surface area contributed by atoms with Crippen molar-refractivity contribution in [3.63, 3.8) is 0 Å². The first kappa shape index (κ1) is 12.7. The average Bonchev–Trinajstić information content (AvgIpc) is 3.16. The van der Waals surface area contributed by atoms with Gasteiger partial charge in [0.2, 0.25) is 0 Å². The predicted molar refractivity (Wildman–Crippen MR) is 80.3 cm³/mol. The molecule has 2 saturated carbocycles. The third-order valence-corrected chi connectivity index (χ3v) is 5.94. The number of piperidine rings is 1. The summed E-state index contributed by atoms with van der Waals surface area (Å²) in [7, 11) is 0. The van der Waals surface area contributed by atoms with Gasteiger partial charge >= 0.3 is 0 Å². The summed E-state index contributed by atoms with van der Waals surface area (Å²) in [5, 5.41) is 4.37. The third-order valence-electron chi connectivity index (χ3n) is 5.94. The van der Waals surface area contributed by atoms with E-state index in [2.05, 4.69) is 14.7 Å². The molecule has 4 rings (SSSR count). The molecule has 0 amide bonds. The zero-order valence-corrected chi connectivity index (χ0v) is 12.2. The lowest BCUT2D eigenvalue weighted by Gasteiger charge is -2.35. The van der Waals surface area contributed by atoms with Gasteiger partial charge in [-0.1, -0.05) is 6.42 Å². The summed E-state index contributed by atoms with van der Waals surface area (Å²) >= 11 is 0. The Morgan fingerprint density at radius 2 is 2.00 bits per heavy atom. The highest BCUT2D eigenvalue weighted by Gasteiger charge is 2.40. The van der Waals surface area contributed by atoms with Crippen LogP contribution in [-0.4, -0.2) is 34.3 Å². The highest BCUT2D eigenvalue weighted by molar-refractivity contribution is 5.24. The summed E-state index contributed by atoms with van der Waals surface area (Å²) in [5.41, 5.74) is 5.71. The van der Waals surface area contributed by atoms with Crippen LogP contribution >= 0.6 is 0 Å². The molecule has 20 heavy (non-hydrogen) atoms. The molecule has 2 bridgehead atoms.